The Morgan fingerprint density at radius 1 is 1.56 bits per heavy atom. The number of rotatable bonds is 3. The number of aryl methyl sites for hydroxylation is 1. The van der Waals surface area contributed by atoms with Gasteiger partial charge in [0.05, 0.1) is 15.6 Å². The maximum Gasteiger partial charge on any atom is 0.134 e. The van der Waals surface area contributed by atoms with Gasteiger partial charge in [-0.3, -0.25) is 0 Å². The van der Waals surface area contributed by atoms with Crippen LogP contribution in [0, 0.1) is 0 Å². The van der Waals surface area contributed by atoms with Crippen molar-refractivity contribution in [2.75, 3.05) is 6.54 Å². The average molecular weight is 299 g/mol. The predicted octanol–water partition coefficient (Wildman–Crippen LogP) is 4.51. The molecule has 2 aromatic heterocycles. The lowest BCUT2D eigenvalue weighted by Gasteiger charge is -2.21. The molecule has 2 heterocycles. The minimum absolute atomic E-state index is 0.500. The summed E-state index contributed by atoms with van der Waals surface area (Å²) in [5, 5.41) is 7.47. The molecule has 2 nitrogen and oxygen atoms in total. The molecule has 0 radical (unpaired) electrons. The van der Waals surface area contributed by atoms with Gasteiger partial charge in [0, 0.05) is 16.3 Å². The Bertz CT molecular complexity index is 547. The highest BCUT2D eigenvalue weighted by atomic mass is 35.5. The molecule has 0 amide bonds. The minimum atomic E-state index is 0.500. The molecule has 0 aromatic carbocycles. The lowest BCUT2D eigenvalue weighted by atomic mass is 9.98. The summed E-state index contributed by atoms with van der Waals surface area (Å²) in [4.78, 5) is 7.42. The van der Waals surface area contributed by atoms with Crippen LogP contribution < -0.4 is 5.32 Å². The van der Waals surface area contributed by atoms with Gasteiger partial charge in [-0.25, -0.2) is 4.98 Å². The first-order valence-corrected chi connectivity index (χ1v) is 8.32. The second kappa shape index (κ2) is 5.29. The molecule has 3 rings (SSSR count). The van der Waals surface area contributed by atoms with Gasteiger partial charge >= 0.3 is 0 Å². The van der Waals surface area contributed by atoms with Crippen molar-refractivity contribution in [3.63, 3.8) is 0 Å². The van der Waals surface area contributed by atoms with Crippen LogP contribution in [0.3, 0.4) is 0 Å². The summed E-state index contributed by atoms with van der Waals surface area (Å²) < 4.78 is 0. The summed E-state index contributed by atoms with van der Waals surface area (Å²) in [6.07, 6.45) is 3.58. The second-order valence-electron chi connectivity index (χ2n) is 4.46. The van der Waals surface area contributed by atoms with E-state index in [1.165, 1.54) is 28.3 Å². The first kappa shape index (κ1) is 12.6. The fourth-order valence-corrected chi connectivity index (χ4v) is 4.75. The molecular weight excluding hydrogens is 284 g/mol. The van der Waals surface area contributed by atoms with Crippen LogP contribution in [0.2, 0.25) is 5.02 Å². The molecule has 18 heavy (non-hydrogen) atoms. The molecule has 0 saturated heterocycles. The van der Waals surface area contributed by atoms with Gasteiger partial charge in [0.2, 0.25) is 0 Å². The molecule has 0 aliphatic heterocycles. The number of aromatic nitrogens is 1. The Morgan fingerprint density at radius 3 is 3.17 bits per heavy atom. The number of hydrogen-bond donors (Lipinski definition) is 1. The van der Waals surface area contributed by atoms with E-state index in [1.807, 2.05) is 22.8 Å². The number of thiophene rings is 1. The van der Waals surface area contributed by atoms with Crippen LogP contribution in [0.5, 0.6) is 0 Å². The lowest BCUT2D eigenvalue weighted by molar-refractivity contribution is 0.476. The number of nitrogens with zero attached hydrogens (tertiary/aromatic N) is 1. The monoisotopic (exact) mass is 298 g/mol. The number of fused-ring (bicyclic) bond motifs is 1. The van der Waals surface area contributed by atoms with Crippen LogP contribution in [0.1, 0.15) is 36.4 Å². The van der Waals surface area contributed by atoms with Crippen LogP contribution in [-0.4, -0.2) is 11.5 Å². The van der Waals surface area contributed by atoms with Gasteiger partial charge in [-0.15, -0.1) is 22.7 Å². The number of nitrogens with one attached hydrogen (secondary N) is 1. The minimum Gasteiger partial charge on any atom is -0.309 e. The van der Waals surface area contributed by atoms with Crippen LogP contribution in [0.25, 0.3) is 9.88 Å². The fourth-order valence-electron chi connectivity index (χ4n) is 2.39. The Hall–Kier alpha value is -0.420. The summed E-state index contributed by atoms with van der Waals surface area (Å²) in [6.45, 7) is 3.18. The largest absolute Gasteiger partial charge is 0.309 e. The summed E-state index contributed by atoms with van der Waals surface area (Å²) >= 11 is 9.49. The maximum atomic E-state index is 5.99. The smallest absolute Gasteiger partial charge is 0.134 e. The lowest BCUT2D eigenvalue weighted by Crippen LogP contribution is -2.23. The standard InChI is InChI=1S/C13H15ClN2S2/c1-2-15-9-4-3-5-10-12(9)18-13(16-10)11-6-8(14)7-17-11/h6-7,9,15H,2-5H2,1H3. The van der Waals surface area contributed by atoms with Crippen molar-refractivity contribution in [2.24, 2.45) is 0 Å². The quantitative estimate of drug-likeness (QED) is 0.901. The SMILES string of the molecule is CCNC1CCCc2nc(-c3cc(Cl)cs3)sc21. The second-order valence-corrected chi connectivity index (χ2v) is 6.84. The normalized spacial score (nSPS) is 18.9. The van der Waals surface area contributed by atoms with Gasteiger partial charge in [0.15, 0.2) is 0 Å². The number of hydrogen-bond acceptors (Lipinski definition) is 4. The van der Waals surface area contributed by atoms with E-state index >= 15 is 0 Å². The third-order valence-corrected chi connectivity index (χ3v) is 5.84. The van der Waals surface area contributed by atoms with Gasteiger partial charge in [-0.2, -0.15) is 0 Å². The van der Waals surface area contributed by atoms with E-state index in [0.29, 0.717) is 6.04 Å². The van der Waals surface area contributed by atoms with Crippen LogP contribution in [-0.2, 0) is 6.42 Å². The molecule has 0 saturated carbocycles. The van der Waals surface area contributed by atoms with E-state index in [2.05, 4.69) is 12.2 Å². The molecule has 96 valence electrons. The third-order valence-electron chi connectivity index (χ3n) is 3.18. The average Bonchev–Trinajstić information content (AvgIpc) is 2.95. The van der Waals surface area contributed by atoms with E-state index in [4.69, 9.17) is 16.6 Å². The zero-order valence-electron chi connectivity index (χ0n) is 10.2. The predicted molar refractivity (Wildman–Crippen MR) is 79.8 cm³/mol. The van der Waals surface area contributed by atoms with Gasteiger partial charge in [-0.05, 0) is 31.9 Å². The molecule has 1 atom stereocenters. The van der Waals surface area contributed by atoms with E-state index in [-0.39, 0.29) is 0 Å². The van der Waals surface area contributed by atoms with E-state index < -0.39 is 0 Å². The van der Waals surface area contributed by atoms with Gasteiger partial charge < -0.3 is 5.32 Å². The highest BCUT2D eigenvalue weighted by molar-refractivity contribution is 7.21. The van der Waals surface area contributed by atoms with E-state index in [9.17, 15) is 0 Å². The van der Waals surface area contributed by atoms with E-state index in [1.54, 1.807) is 11.3 Å². The molecular formula is C13H15ClN2S2. The van der Waals surface area contributed by atoms with Crippen molar-refractivity contribution >= 4 is 34.3 Å². The van der Waals surface area contributed by atoms with Crippen LogP contribution in [0.15, 0.2) is 11.4 Å². The first-order valence-electron chi connectivity index (χ1n) is 6.25. The van der Waals surface area contributed by atoms with E-state index in [0.717, 1.165) is 23.0 Å². The summed E-state index contributed by atoms with van der Waals surface area (Å²) in [5.74, 6) is 0. The van der Waals surface area contributed by atoms with Crippen LogP contribution in [0.4, 0.5) is 0 Å². The summed E-state index contributed by atoms with van der Waals surface area (Å²) in [5.41, 5.74) is 1.29. The highest BCUT2D eigenvalue weighted by Gasteiger charge is 2.24. The molecule has 0 fully saturated rings. The number of halogens is 1. The Balaban J connectivity index is 1.95. The van der Waals surface area contributed by atoms with Crippen LogP contribution >= 0.6 is 34.3 Å². The van der Waals surface area contributed by atoms with Gasteiger partial charge in [-0.1, -0.05) is 18.5 Å². The summed E-state index contributed by atoms with van der Waals surface area (Å²) in [6, 6.07) is 2.51. The topological polar surface area (TPSA) is 24.9 Å². The number of thiazole rings is 1. The zero-order valence-corrected chi connectivity index (χ0v) is 12.6. The molecule has 0 spiro atoms. The molecule has 2 aromatic rings. The Morgan fingerprint density at radius 2 is 2.44 bits per heavy atom. The van der Waals surface area contributed by atoms with Crippen molar-refractivity contribution in [2.45, 2.75) is 32.2 Å². The van der Waals surface area contributed by atoms with Crippen molar-refractivity contribution in [3.05, 3.63) is 27.0 Å². The highest BCUT2D eigenvalue weighted by Crippen LogP contribution is 2.40. The van der Waals surface area contributed by atoms with Crippen molar-refractivity contribution in [1.82, 2.24) is 10.3 Å². The zero-order chi connectivity index (χ0) is 12.5. The molecule has 1 aliphatic rings. The van der Waals surface area contributed by atoms with Gasteiger partial charge in [0.1, 0.15) is 5.01 Å². The Kier molecular flexibility index (Phi) is 3.71. The molecule has 1 N–H and O–H groups in total. The fraction of sp³-hybridized carbons (Fsp3) is 0.462. The molecule has 1 aliphatic carbocycles. The Labute approximate surface area is 120 Å². The molecule has 0 bridgehead atoms. The first-order chi connectivity index (χ1) is 8.78. The van der Waals surface area contributed by atoms with Crippen molar-refractivity contribution in [3.8, 4) is 9.88 Å². The summed E-state index contributed by atoms with van der Waals surface area (Å²) in [7, 11) is 0. The molecule has 5 heteroatoms. The van der Waals surface area contributed by atoms with Gasteiger partial charge in [0.25, 0.3) is 0 Å². The third kappa shape index (κ3) is 2.35. The molecule has 1 unspecified atom stereocenters. The van der Waals surface area contributed by atoms with Crippen molar-refractivity contribution in [1.29, 1.82) is 0 Å². The maximum absolute atomic E-state index is 5.99. The van der Waals surface area contributed by atoms with Crippen molar-refractivity contribution < 1.29 is 0 Å².